The van der Waals surface area contributed by atoms with Gasteiger partial charge in [0.05, 0.1) is 0 Å². The van der Waals surface area contributed by atoms with E-state index in [-0.39, 0.29) is 5.91 Å². The fourth-order valence-electron chi connectivity index (χ4n) is 1.78. The van der Waals surface area contributed by atoms with Crippen molar-refractivity contribution in [1.29, 1.82) is 0 Å². The van der Waals surface area contributed by atoms with Crippen molar-refractivity contribution in [3.05, 3.63) is 57.5 Å². The molecule has 3 rings (SSSR count). The number of thiazole rings is 1. The molecule has 7 heteroatoms. The molecule has 1 aromatic carbocycles. The van der Waals surface area contributed by atoms with E-state index in [0.29, 0.717) is 10.8 Å². The molecule has 0 unspecified atom stereocenters. The van der Waals surface area contributed by atoms with Crippen LogP contribution in [0.25, 0.3) is 0 Å². The van der Waals surface area contributed by atoms with E-state index in [1.807, 2.05) is 0 Å². The van der Waals surface area contributed by atoms with Gasteiger partial charge < -0.3 is 0 Å². The maximum Gasteiger partial charge on any atom is 0.278 e. The molecule has 0 aliphatic heterocycles. The number of nitrogens with zero attached hydrogens (tertiary/aromatic N) is 3. The van der Waals surface area contributed by atoms with Crippen LogP contribution in [-0.2, 0) is 6.42 Å². The van der Waals surface area contributed by atoms with E-state index in [4.69, 9.17) is 0 Å². The molecule has 0 aliphatic rings. The van der Waals surface area contributed by atoms with Crippen LogP contribution < -0.4 is 5.32 Å². The van der Waals surface area contributed by atoms with Gasteiger partial charge in [0.2, 0.25) is 0 Å². The highest BCUT2D eigenvalue weighted by Gasteiger charge is 2.11. The number of rotatable bonds is 4. The summed E-state index contributed by atoms with van der Waals surface area (Å²) in [4.78, 5) is 17.2. The molecule has 0 radical (unpaired) electrons. The normalized spacial score (nSPS) is 10.5. The predicted molar refractivity (Wildman–Crippen MR) is 84.0 cm³/mol. The average molecular weight is 316 g/mol. The van der Waals surface area contributed by atoms with E-state index in [0.717, 1.165) is 22.8 Å². The highest BCUT2D eigenvalue weighted by molar-refractivity contribution is 7.15. The van der Waals surface area contributed by atoms with Gasteiger partial charge in [0.1, 0.15) is 0 Å². The SMILES string of the molecule is Cc1ccc(Cc2cnc(NC(=O)c3csnn3)s2)cc1. The third-order valence-electron chi connectivity index (χ3n) is 2.87. The second kappa shape index (κ2) is 6.11. The summed E-state index contributed by atoms with van der Waals surface area (Å²) >= 11 is 2.62. The standard InChI is InChI=1S/C14H12N4OS2/c1-9-2-4-10(5-3-9)6-11-7-15-14(21-11)16-13(19)12-8-20-18-17-12/h2-5,7-8H,6H2,1H3,(H,15,16,19). The fraction of sp³-hybridized carbons (Fsp3) is 0.143. The van der Waals surface area contributed by atoms with Crippen molar-refractivity contribution in [3.63, 3.8) is 0 Å². The topological polar surface area (TPSA) is 67.8 Å². The minimum Gasteiger partial charge on any atom is -0.296 e. The molecule has 21 heavy (non-hydrogen) atoms. The first-order valence-electron chi connectivity index (χ1n) is 6.29. The third-order valence-corrected chi connectivity index (χ3v) is 4.28. The number of benzene rings is 1. The fourth-order valence-corrected chi connectivity index (χ4v) is 3.06. The van der Waals surface area contributed by atoms with Crippen LogP contribution in [0.2, 0.25) is 0 Å². The van der Waals surface area contributed by atoms with Crippen LogP contribution in [-0.4, -0.2) is 20.5 Å². The van der Waals surface area contributed by atoms with Crippen LogP contribution in [0.15, 0.2) is 35.8 Å². The Labute approximate surface area is 129 Å². The minimum absolute atomic E-state index is 0.278. The van der Waals surface area contributed by atoms with Crippen molar-refractivity contribution >= 4 is 33.9 Å². The van der Waals surface area contributed by atoms with E-state index in [1.165, 1.54) is 22.5 Å². The molecule has 0 saturated heterocycles. The Kier molecular flexibility index (Phi) is 4.03. The second-order valence-corrected chi connectivity index (χ2v) is 6.26. The first kappa shape index (κ1) is 13.8. The van der Waals surface area contributed by atoms with Gasteiger partial charge >= 0.3 is 0 Å². The third kappa shape index (κ3) is 3.50. The van der Waals surface area contributed by atoms with E-state index in [9.17, 15) is 4.79 Å². The quantitative estimate of drug-likeness (QED) is 0.803. The van der Waals surface area contributed by atoms with Gasteiger partial charge in [-0.15, -0.1) is 16.4 Å². The Morgan fingerprint density at radius 3 is 2.81 bits per heavy atom. The number of carbonyl (C=O) groups is 1. The summed E-state index contributed by atoms with van der Waals surface area (Å²) in [6.45, 7) is 2.07. The van der Waals surface area contributed by atoms with Crippen molar-refractivity contribution < 1.29 is 4.79 Å². The molecular weight excluding hydrogens is 304 g/mol. The number of amides is 1. The van der Waals surface area contributed by atoms with Gasteiger partial charge in [-0.2, -0.15) is 0 Å². The zero-order valence-electron chi connectivity index (χ0n) is 11.2. The molecule has 0 bridgehead atoms. The first-order valence-corrected chi connectivity index (χ1v) is 7.94. The number of nitrogens with one attached hydrogen (secondary N) is 1. The summed E-state index contributed by atoms with van der Waals surface area (Å²) in [5.41, 5.74) is 2.79. The zero-order chi connectivity index (χ0) is 14.7. The number of hydrogen-bond donors (Lipinski definition) is 1. The summed E-state index contributed by atoms with van der Waals surface area (Å²) in [7, 11) is 0. The molecule has 1 N–H and O–H groups in total. The Morgan fingerprint density at radius 2 is 2.10 bits per heavy atom. The molecular formula is C14H12N4OS2. The van der Waals surface area contributed by atoms with Crippen LogP contribution in [0.3, 0.4) is 0 Å². The lowest BCUT2D eigenvalue weighted by atomic mass is 10.1. The predicted octanol–water partition coefficient (Wildman–Crippen LogP) is 3.15. The summed E-state index contributed by atoms with van der Waals surface area (Å²) in [6, 6.07) is 8.39. The molecule has 0 fully saturated rings. The highest BCUT2D eigenvalue weighted by atomic mass is 32.1. The van der Waals surface area contributed by atoms with Crippen molar-refractivity contribution in [1.82, 2.24) is 14.6 Å². The number of aryl methyl sites for hydroxylation is 1. The van der Waals surface area contributed by atoms with Crippen LogP contribution in [0, 0.1) is 6.92 Å². The van der Waals surface area contributed by atoms with E-state index in [1.54, 1.807) is 11.6 Å². The summed E-state index contributed by atoms with van der Waals surface area (Å²) in [5, 5.41) is 8.65. The van der Waals surface area contributed by atoms with Gasteiger partial charge in [-0.25, -0.2) is 4.98 Å². The lowest BCUT2D eigenvalue weighted by molar-refractivity contribution is 0.102. The molecule has 0 spiro atoms. The van der Waals surface area contributed by atoms with Gasteiger partial charge in [-0.05, 0) is 24.0 Å². The Hall–Kier alpha value is -2.12. The maximum absolute atomic E-state index is 11.8. The number of carbonyl (C=O) groups excluding carboxylic acids is 1. The van der Waals surface area contributed by atoms with Crippen molar-refractivity contribution in [3.8, 4) is 0 Å². The Bertz CT molecular complexity index is 735. The highest BCUT2D eigenvalue weighted by Crippen LogP contribution is 2.21. The van der Waals surface area contributed by atoms with Crippen LogP contribution >= 0.6 is 22.9 Å². The Morgan fingerprint density at radius 1 is 1.29 bits per heavy atom. The maximum atomic E-state index is 11.8. The van der Waals surface area contributed by atoms with Gasteiger partial charge in [0.25, 0.3) is 5.91 Å². The van der Waals surface area contributed by atoms with Crippen molar-refractivity contribution in [2.75, 3.05) is 5.32 Å². The summed E-state index contributed by atoms with van der Waals surface area (Å²) < 4.78 is 3.67. The molecule has 106 valence electrons. The molecule has 0 saturated carbocycles. The molecule has 0 atom stereocenters. The van der Waals surface area contributed by atoms with Crippen LogP contribution in [0.1, 0.15) is 26.5 Å². The van der Waals surface area contributed by atoms with E-state index < -0.39 is 0 Å². The van der Waals surface area contributed by atoms with E-state index in [2.05, 4.69) is 51.1 Å². The second-order valence-electron chi connectivity index (χ2n) is 4.54. The largest absolute Gasteiger partial charge is 0.296 e. The first-order chi connectivity index (χ1) is 10.2. The van der Waals surface area contributed by atoms with Crippen molar-refractivity contribution in [2.45, 2.75) is 13.3 Å². The van der Waals surface area contributed by atoms with E-state index >= 15 is 0 Å². The van der Waals surface area contributed by atoms with Gasteiger partial charge in [-0.3, -0.25) is 10.1 Å². The number of hydrogen-bond acceptors (Lipinski definition) is 6. The number of aromatic nitrogens is 3. The monoisotopic (exact) mass is 316 g/mol. The smallest absolute Gasteiger partial charge is 0.278 e. The van der Waals surface area contributed by atoms with Crippen molar-refractivity contribution in [2.24, 2.45) is 0 Å². The molecule has 5 nitrogen and oxygen atoms in total. The number of anilines is 1. The van der Waals surface area contributed by atoms with Gasteiger partial charge in [0, 0.05) is 22.9 Å². The molecule has 3 aromatic rings. The zero-order valence-corrected chi connectivity index (χ0v) is 12.9. The Balaban J connectivity index is 1.66. The van der Waals surface area contributed by atoms with Crippen LogP contribution in [0.4, 0.5) is 5.13 Å². The molecule has 2 aromatic heterocycles. The molecule has 1 amide bonds. The lowest BCUT2D eigenvalue weighted by Crippen LogP contribution is -2.11. The minimum atomic E-state index is -0.278. The summed E-state index contributed by atoms with van der Waals surface area (Å²) in [6.07, 6.45) is 2.60. The average Bonchev–Trinajstić information content (AvgIpc) is 3.13. The lowest BCUT2D eigenvalue weighted by Gasteiger charge is -1.99. The van der Waals surface area contributed by atoms with Crippen LogP contribution in [0.5, 0.6) is 0 Å². The molecule has 0 aliphatic carbocycles. The van der Waals surface area contributed by atoms with Gasteiger partial charge in [0.15, 0.2) is 10.8 Å². The summed E-state index contributed by atoms with van der Waals surface area (Å²) in [5.74, 6) is -0.278. The van der Waals surface area contributed by atoms with Gasteiger partial charge in [-0.1, -0.05) is 34.3 Å². The molecule has 2 heterocycles.